The largest absolute Gasteiger partial charge is 0.379 e. The summed E-state index contributed by atoms with van der Waals surface area (Å²) in [6, 6.07) is 40.4. The number of carbonyl (C=O) groups excluding carboxylic acids is 1. The Morgan fingerprint density at radius 2 is 1.16 bits per heavy atom. The van der Waals surface area contributed by atoms with Crippen molar-refractivity contribution in [2.24, 2.45) is 0 Å². The molecule has 0 saturated heterocycles. The van der Waals surface area contributed by atoms with E-state index >= 15 is 0 Å². The quantitative estimate of drug-likeness (QED) is 0.165. The van der Waals surface area contributed by atoms with Crippen molar-refractivity contribution in [1.29, 1.82) is 0 Å². The van der Waals surface area contributed by atoms with E-state index in [2.05, 4.69) is 91.0 Å². The SMILES string of the molecule is O=C(Cc1ccccc1)SCC(F)(F)S(=O)(=O)O.c1ccc(SC(c2ccccc2)c2ccccc2)cc1. The molecule has 0 bridgehead atoms. The van der Waals surface area contributed by atoms with E-state index in [1.807, 2.05) is 11.8 Å². The first-order chi connectivity index (χ1) is 18.2. The molecule has 0 unspecified atom stereocenters. The maximum absolute atomic E-state index is 12.8. The van der Waals surface area contributed by atoms with Gasteiger partial charge in [0, 0.05) is 11.3 Å². The normalized spacial score (nSPS) is 11.5. The summed E-state index contributed by atoms with van der Waals surface area (Å²) in [5.41, 5.74) is 3.32. The molecule has 0 aliphatic heterocycles. The highest BCUT2D eigenvalue weighted by atomic mass is 32.2. The predicted octanol–water partition coefficient (Wildman–Crippen LogP) is 7.54. The van der Waals surface area contributed by atoms with Crippen LogP contribution in [-0.4, -0.2) is 29.1 Å². The van der Waals surface area contributed by atoms with Gasteiger partial charge >= 0.3 is 15.4 Å². The van der Waals surface area contributed by atoms with Crippen molar-refractivity contribution in [3.8, 4) is 0 Å². The van der Waals surface area contributed by atoms with E-state index in [4.69, 9.17) is 4.55 Å². The second kappa shape index (κ2) is 14.2. The molecule has 0 heterocycles. The van der Waals surface area contributed by atoms with Gasteiger partial charge in [-0.1, -0.05) is 121 Å². The van der Waals surface area contributed by atoms with Gasteiger partial charge in [0.25, 0.3) is 0 Å². The highest BCUT2D eigenvalue weighted by molar-refractivity contribution is 8.14. The molecule has 0 aliphatic rings. The van der Waals surface area contributed by atoms with Crippen molar-refractivity contribution in [3.05, 3.63) is 138 Å². The molecule has 0 fully saturated rings. The van der Waals surface area contributed by atoms with Crippen LogP contribution >= 0.6 is 23.5 Å². The molecule has 4 nitrogen and oxygen atoms in total. The van der Waals surface area contributed by atoms with Crippen LogP contribution in [0.25, 0.3) is 0 Å². The van der Waals surface area contributed by atoms with Gasteiger partial charge in [0.2, 0.25) is 0 Å². The first kappa shape index (κ1) is 29.6. The summed E-state index contributed by atoms with van der Waals surface area (Å²) >= 11 is 2.07. The Labute approximate surface area is 230 Å². The van der Waals surface area contributed by atoms with E-state index in [0.717, 1.165) is 0 Å². The van der Waals surface area contributed by atoms with Crippen molar-refractivity contribution in [2.45, 2.75) is 21.8 Å². The summed E-state index contributed by atoms with van der Waals surface area (Å²) < 4.78 is 54.5. The molecule has 1 N–H and O–H groups in total. The Hall–Kier alpha value is -2.98. The lowest BCUT2D eigenvalue weighted by Crippen LogP contribution is -2.31. The van der Waals surface area contributed by atoms with Gasteiger partial charge in [-0.3, -0.25) is 9.35 Å². The second-order valence-electron chi connectivity index (χ2n) is 8.07. The summed E-state index contributed by atoms with van der Waals surface area (Å²) in [4.78, 5) is 12.6. The molecule has 0 atom stereocenters. The number of hydrogen-bond donors (Lipinski definition) is 1. The maximum atomic E-state index is 12.8. The van der Waals surface area contributed by atoms with Crippen LogP contribution in [0.3, 0.4) is 0 Å². The molecular formula is C29H26F2O4S3. The van der Waals surface area contributed by atoms with Gasteiger partial charge in [-0.15, -0.1) is 11.8 Å². The van der Waals surface area contributed by atoms with E-state index in [0.29, 0.717) is 10.8 Å². The van der Waals surface area contributed by atoms with Crippen molar-refractivity contribution < 1.29 is 26.5 Å². The minimum atomic E-state index is -5.48. The van der Waals surface area contributed by atoms with Crippen molar-refractivity contribution in [2.75, 3.05) is 5.75 Å². The lowest BCUT2D eigenvalue weighted by atomic mass is 10.0. The molecule has 0 aliphatic carbocycles. The van der Waals surface area contributed by atoms with E-state index < -0.39 is 26.2 Å². The van der Waals surface area contributed by atoms with Crippen LogP contribution in [0.1, 0.15) is 21.9 Å². The fraction of sp³-hybridized carbons (Fsp3) is 0.138. The second-order valence-corrected chi connectivity index (χ2v) is 11.8. The van der Waals surface area contributed by atoms with Crippen LogP contribution in [0.4, 0.5) is 8.78 Å². The van der Waals surface area contributed by atoms with E-state index in [9.17, 15) is 22.0 Å². The standard InChI is InChI=1S/C19H16S.C10H10F2O4S2/c1-4-10-16(11-5-1)19(17-12-6-2-7-13-17)20-18-14-8-3-9-15-18;11-10(12,18(14,15)16)7-17-9(13)6-8-4-2-1-3-5-8/h1-15,19H;1-5H,6-7H2,(H,14,15,16). The number of thioether (sulfide) groups is 2. The lowest BCUT2D eigenvalue weighted by Gasteiger charge is -2.17. The molecule has 38 heavy (non-hydrogen) atoms. The third-order valence-electron chi connectivity index (χ3n) is 5.17. The van der Waals surface area contributed by atoms with Gasteiger partial charge in [-0.05, 0) is 28.8 Å². The Morgan fingerprint density at radius 1 is 0.737 bits per heavy atom. The van der Waals surface area contributed by atoms with Crippen LogP contribution in [-0.2, 0) is 21.3 Å². The number of halogens is 2. The third-order valence-corrected chi connectivity index (χ3v) is 8.55. The van der Waals surface area contributed by atoms with Crippen LogP contribution < -0.4 is 0 Å². The molecule has 4 rings (SSSR count). The molecule has 4 aromatic rings. The first-order valence-corrected chi connectivity index (χ1v) is 14.8. The topological polar surface area (TPSA) is 71.4 Å². The van der Waals surface area contributed by atoms with Gasteiger partial charge in [-0.2, -0.15) is 17.2 Å². The van der Waals surface area contributed by atoms with Crippen molar-refractivity contribution >= 4 is 38.8 Å². The molecule has 9 heteroatoms. The van der Waals surface area contributed by atoms with E-state index in [1.54, 1.807) is 30.3 Å². The molecule has 0 saturated carbocycles. The third kappa shape index (κ3) is 9.40. The molecule has 0 radical (unpaired) electrons. The fourth-order valence-corrected chi connectivity index (χ4v) is 5.81. The maximum Gasteiger partial charge on any atom is 0.379 e. The zero-order valence-electron chi connectivity index (χ0n) is 20.2. The first-order valence-electron chi connectivity index (χ1n) is 11.5. The molecule has 4 aromatic carbocycles. The summed E-state index contributed by atoms with van der Waals surface area (Å²) in [6.07, 6.45) is -0.0763. The highest BCUT2D eigenvalue weighted by Gasteiger charge is 2.44. The van der Waals surface area contributed by atoms with Gasteiger partial charge in [-0.25, -0.2) is 0 Å². The Morgan fingerprint density at radius 3 is 1.61 bits per heavy atom. The average molecular weight is 573 g/mol. The molecule has 198 valence electrons. The monoisotopic (exact) mass is 572 g/mol. The minimum Gasteiger partial charge on any atom is -0.287 e. The smallest absolute Gasteiger partial charge is 0.287 e. The Bertz CT molecular complexity index is 1330. The number of benzene rings is 4. The zero-order valence-corrected chi connectivity index (χ0v) is 22.6. The Balaban J connectivity index is 0.000000212. The van der Waals surface area contributed by atoms with Gasteiger partial charge in [0.05, 0.1) is 11.0 Å². The fourth-order valence-electron chi connectivity index (χ4n) is 3.27. The number of alkyl halides is 2. The van der Waals surface area contributed by atoms with E-state index in [1.165, 1.54) is 16.0 Å². The molecule has 0 aromatic heterocycles. The van der Waals surface area contributed by atoms with Crippen LogP contribution in [0.2, 0.25) is 0 Å². The molecular weight excluding hydrogens is 547 g/mol. The minimum absolute atomic E-state index is 0.0763. The van der Waals surface area contributed by atoms with Gasteiger partial charge in [0.15, 0.2) is 5.12 Å². The van der Waals surface area contributed by atoms with Crippen molar-refractivity contribution in [3.63, 3.8) is 0 Å². The molecule has 0 amide bonds. The summed E-state index contributed by atoms with van der Waals surface area (Å²) in [7, 11) is -5.48. The average Bonchev–Trinajstić information content (AvgIpc) is 2.92. The highest BCUT2D eigenvalue weighted by Crippen LogP contribution is 2.40. The number of carbonyl (C=O) groups is 1. The predicted molar refractivity (Wildman–Crippen MR) is 151 cm³/mol. The Kier molecular flexibility index (Phi) is 11.1. The summed E-state index contributed by atoms with van der Waals surface area (Å²) in [6.45, 7) is 0. The molecule has 0 spiro atoms. The van der Waals surface area contributed by atoms with Gasteiger partial charge < -0.3 is 0 Å². The van der Waals surface area contributed by atoms with E-state index in [-0.39, 0.29) is 18.2 Å². The van der Waals surface area contributed by atoms with Gasteiger partial charge in [0.1, 0.15) is 0 Å². The van der Waals surface area contributed by atoms with Crippen LogP contribution in [0.15, 0.2) is 126 Å². The zero-order chi connectivity index (χ0) is 27.4. The summed E-state index contributed by atoms with van der Waals surface area (Å²) in [5, 5.41) is -4.58. The van der Waals surface area contributed by atoms with Crippen LogP contribution in [0, 0.1) is 0 Å². The van der Waals surface area contributed by atoms with Crippen LogP contribution in [0.5, 0.6) is 0 Å². The summed E-state index contributed by atoms with van der Waals surface area (Å²) in [5.74, 6) is -1.29. The van der Waals surface area contributed by atoms with Crippen molar-refractivity contribution in [1.82, 2.24) is 0 Å². The number of rotatable bonds is 9. The number of hydrogen-bond acceptors (Lipinski definition) is 5. The lowest BCUT2D eigenvalue weighted by molar-refractivity contribution is -0.110.